The lowest BCUT2D eigenvalue weighted by Crippen LogP contribution is -2.28. The van der Waals surface area contributed by atoms with Crippen LogP contribution in [-0.4, -0.2) is 72.3 Å². The van der Waals surface area contributed by atoms with Gasteiger partial charge in [0.25, 0.3) is 0 Å². The fourth-order valence-corrected chi connectivity index (χ4v) is 3.55. The number of carboxylic acid groups (broad SMARTS) is 2. The van der Waals surface area contributed by atoms with Crippen LogP contribution in [0.25, 0.3) is 11.0 Å². The number of aromatic nitrogens is 4. The molecule has 0 atom stereocenters. The lowest BCUT2D eigenvalue weighted by Gasteiger charge is -2.19. The van der Waals surface area contributed by atoms with E-state index in [1.54, 1.807) is 6.20 Å². The van der Waals surface area contributed by atoms with Gasteiger partial charge in [-0.3, -0.25) is 4.79 Å². The smallest absolute Gasteiger partial charge is 0.328 e. The van der Waals surface area contributed by atoms with Crippen LogP contribution in [-0.2, 0) is 20.9 Å². The van der Waals surface area contributed by atoms with Gasteiger partial charge in [0, 0.05) is 24.1 Å². The lowest BCUT2D eigenvalue weighted by atomic mass is 9.96. The molecule has 0 aromatic carbocycles. The van der Waals surface area contributed by atoms with Gasteiger partial charge < -0.3 is 20.4 Å². The third-order valence-corrected chi connectivity index (χ3v) is 5.51. The maximum Gasteiger partial charge on any atom is 0.328 e. The van der Waals surface area contributed by atoms with Crippen molar-refractivity contribution in [2.24, 2.45) is 5.41 Å². The molecule has 1 saturated heterocycles. The number of rotatable bonds is 8. The molecule has 1 fully saturated rings. The second kappa shape index (κ2) is 13.5. The van der Waals surface area contributed by atoms with Crippen molar-refractivity contribution in [3.8, 4) is 0 Å². The quantitative estimate of drug-likeness (QED) is 0.376. The number of unbranched alkanes of at least 4 members (excludes halogenated alkanes) is 1. The molecule has 0 radical (unpaired) electrons. The molecular formula is C24H36N6O5. The van der Waals surface area contributed by atoms with E-state index in [0.717, 1.165) is 24.0 Å². The summed E-state index contributed by atoms with van der Waals surface area (Å²) in [5, 5.41) is 23.8. The Hall–Kier alpha value is -3.34. The molecule has 11 heteroatoms. The summed E-state index contributed by atoms with van der Waals surface area (Å²) in [6.45, 7) is 10.1. The summed E-state index contributed by atoms with van der Waals surface area (Å²) in [7, 11) is 0. The zero-order valence-corrected chi connectivity index (χ0v) is 20.7. The molecule has 35 heavy (non-hydrogen) atoms. The summed E-state index contributed by atoms with van der Waals surface area (Å²) in [5.74, 6) is -2.04. The summed E-state index contributed by atoms with van der Waals surface area (Å²) in [4.78, 5) is 42.6. The van der Waals surface area contributed by atoms with Crippen molar-refractivity contribution in [1.29, 1.82) is 0 Å². The maximum absolute atomic E-state index is 12.3. The standard InChI is InChI=1S/C20H32N6O.C4H4O4/c1-20(2,3)19(27)24-17-16-14-23-26(18(16)22-15-21-17)13-9-8-12-25-10-6-4-5-7-11-25;5-3(6)1-2-4(7)8/h14-15H,4-13H2,1-3H3,(H,21,22,24,27);1-2H,(H,5,6)(H,7,8)/b;2-1-. The number of hydrogen-bond acceptors (Lipinski definition) is 7. The molecule has 0 saturated carbocycles. The minimum Gasteiger partial charge on any atom is -0.478 e. The molecule has 2 aromatic rings. The number of amides is 1. The normalized spacial score (nSPS) is 14.8. The predicted octanol–water partition coefficient (Wildman–Crippen LogP) is 3.18. The molecule has 11 nitrogen and oxygen atoms in total. The van der Waals surface area contributed by atoms with E-state index < -0.39 is 17.4 Å². The van der Waals surface area contributed by atoms with Crippen LogP contribution < -0.4 is 5.32 Å². The first-order valence-corrected chi connectivity index (χ1v) is 11.9. The monoisotopic (exact) mass is 488 g/mol. The van der Waals surface area contributed by atoms with Crippen LogP contribution in [0.3, 0.4) is 0 Å². The summed E-state index contributed by atoms with van der Waals surface area (Å²) in [6.07, 6.45) is 12.0. The molecule has 3 heterocycles. The first-order chi connectivity index (χ1) is 16.6. The number of nitrogens with one attached hydrogen (secondary N) is 1. The minimum absolute atomic E-state index is 0.0623. The van der Waals surface area contributed by atoms with E-state index in [1.165, 1.54) is 58.1 Å². The Kier molecular flexibility index (Phi) is 10.8. The number of carbonyl (C=O) groups is 3. The Morgan fingerprint density at radius 3 is 2.14 bits per heavy atom. The van der Waals surface area contributed by atoms with Crippen LogP contribution in [0.1, 0.15) is 59.3 Å². The van der Waals surface area contributed by atoms with Crippen molar-refractivity contribution in [3.05, 3.63) is 24.7 Å². The number of likely N-dealkylation sites (tertiary alicyclic amines) is 1. The van der Waals surface area contributed by atoms with Gasteiger partial charge in [-0.25, -0.2) is 24.2 Å². The number of aryl methyl sites for hydroxylation is 1. The molecule has 1 aliphatic rings. The molecule has 3 N–H and O–H groups in total. The molecule has 1 aliphatic heterocycles. The highest BCUT2D eigenvalue weighted by molar-refractivity contribution is 6.00. The van der Waals surface area contributed by atoms with Crippen molar-refractivity contribution >= 4 is 34.7 Å². The third-order valence-electron chi connectivity index (χ3n) is 5.51. The molecule has 192 valence electrons. The van der Waals surface area contributed by atoms with E-state index in [-0.39, 0.29) is 5.91 Å². The molecule has 1 amide bonds. The van der Waals surface area contributed by atoms with E-state index in [4.69, 9.17) is 10.2 Å². The van der Waals surface area contributed by atoms with Crippen molar-refractivity contribution in [2.75, 3.05) is 25.0 Å². The van der Waals surface area contributed by atoms with Crippen LogP contribution in [0, 0.1) is 5.41 Å². The van der Waals surface area contributed by atoms with E-state index in [1.807, 2.05) is 25.5 Å². The van der Waals surface area contributed by atoms with Crippen LogP contribution in [0.4, 0.5) is 5.82 Å². The Bertz CT molecular complexity index is 1000. The van der Waals surface area contributed by atoms with E-state index in [2.05, 4.69) is 25.3 Å². The van der Waals surface area contributed by atoms with Crippen LogP contribution in [0.5, 0.6) is 0 Å². The average molecular weight is 489 g/mol. The van der Waals surface area contributed by atoms with Crippen molar-refractivity contribution in [3.63, 3.8) is 0 Å². The number of nitrogens with zero attached hydrogens (tertiary/aromatic N) is 5. The van der Waals surface area contributed by atoms with E-state index >= 15 is 0 Å². The highest BCUT2D eigenvalue weighted by Gasteiger charge is 2.23. The fraction of sp³-hybridized carbons (Fsp3) is 0.583. The van der Waals surface area contributed by atoms with Crippen LogP contribution >= 0.6 is 0 Å². The van der Waals surface area contributed by atoms with Gasteiger partial charge in [0.15, 0.2) is 5.65 Å². The Morgan fingerprint density at radius 2 is 1.57 bits per heavy atom. The maximum atomic E-state index is 12.3. The number of carbonyl (C=O) groups excluding carboxylic acids is 1. The summed E-state index contributed by atoms with van der Waals surface area (Å²) in [5.41, 5.74) is 0.310. The molecule has 0 aliphatic carbocycles. The van der Waals surface area contributed by atoms with Gasteiger partial charge in [-0.05, 0) is 45.3 Å². The molecule has 2 aromatic heterocycles. The molecule has 0 spiro atoms. The van der Waals surface area contributed by atoms with Gasteiger partial charge in [-0.2, -0.15) is 5.10 Å². The summed E-state index contributed by atoms with van der Waals surface area (Å²) in [6, 6.07) is 0. The van der Waals surface area contributed by atoms with Gasteiger partial charge in [0.05, 0.1) is 11.6 Å². The number of carboxylic acids is 2. The molecular weight excluding hydrogens is 452 g/mol. The van der Waals surface area contributed by atoms with Crippen molar-refractivity contribution in [1.82, 2.24) is 24.6 Å². The highest BCUT2D eigenvalue weighted by atomic mass is 16.4. The number of anilines is 1. The van der Waals surface area contributed by atoms with Crippen LogP contribution in [0.15, 0.2) is 24.7 Å². The van der Waals surface area contributed by atoms with Gasteiger partial charge in [0.2, 0.25) is 5.91 Å². The first kappa shape index (κ1) is 27.9. The van der Waals surface area contributed by atoms with Gasteiger partial charge >= 0.3 is 11.9 Å². The van der Waals surface area contributed by atoms with Crippen LogP contribution in [0.2, 0.25) is 0 Å². The van der Waals surface area contributed by atoms with Gasteiger partial charge in [-0.1, -0.05) is 33.6 Å². The zero-order chi connectivity index (χ0) is 25.8. The Labute approximate surface area is 205 Å². The van der Waals surface area contributed by atoms with Crippen molar-refractivity contribution in [2.45, 2.75) is 65.8 Å². The van der Waals surface area contributed by atoms with Gasteiger partial charge in [-0.15, -0.1) is 0 Å². The number of hydrogen-bond donors (Lipinski definition) is 3. The second-order valence-electron chi connectivity index (χ2n) is 9.50. The fourth-order valence-electron chi connectivity index (χ4n) is 3.55. The second-order valence-corrected chi connectivity index (χ2v) is 9.50. The SMILES string of the molecule is CC(C)(C)C(=O)Nc1ncnc2c1cnn2CCCCN1CCCCCC1.O=C(O)/C=C\C(=O)O. The average Bonchev–Trinajstić information content (AvgIpc) is 3.02. The largest absolute Gasteiger partial charge is 0.478 e. The lowest BCUT2D eigenvalue weighted by molar-refractivity contribution is -0.134. The highest BCUT2D eigenvalue weighted by Crippen LogP contribution is 2.22. The Morgan fingerprint density at radius 1 is 0.971 bits per heavy atom. The van der Waals surface area contributed by atoms with Crippen molar-refractivity contribution < 1.29 is 24.6 Å². The summed E-state index contributed by atoms with van der Waals surface area (Å²) < 4.78 is 1.92. The molecule has 3 rings (SSSR count). The number of aliphatic carboxylic acids is 2. The third kappa shape index (κ3) is 9.81. The van der Waals surface area contributed by atoms with E-state index in [0.29, 0.717) is 18.0 Å². The molecule has 0 unspecified atom stereocenters. The molecule has 0 bridgehead atoms. The minimum atomic E-state index is -1.26. The first-order valence-electron chi connectivity index (χ1n) is 11.9. The summed E-state index contributed by atoms with van der Waals surface area (Å²) >= 11 is 0. The predicted molar refractivity (Wildman–Crippen MR) is 132 cm³/mol. The van der Waals surface area contributed by atoms with Gasteiger partial charge in [0.1, 0.15) is 12.1 Å². The number of fused-ring (bicyclic) bond motifs is 1. The zero-order valence-electron chi connectivity index (χ0n) is 20.7. The van der Waals surface area contributed by atoms with E-state index in [9.17, 15) is 14.4 Å². The topological polar surface area (TPSA) is 151 Å². The Balaban J connectivity index is 0.000000466.